The van der Waals surface area contributed by atoms with Crippen LogP contribution in [0.5, 0.6) is 0 Å². The molecule has 138 valence electrons. The predicted octanol–water partition coefficient (Wildman–Crippen LogP) is 2.92. The van der Waals surface area contributed by atoms with E-state index in [1.807, 2.05) is 4.90 Å². The third-order valence-corrected chi connectivity index (χ3v) is 4.84. The molecule has 7 nitrogen and oxygen atoms in total. The summed E-state index contributed by atoms with van der Waals surface area (Å²) >= 11 is 0. The van der Waals surface area contributed by atoms with Gasteiger partial charge in [-0.05, 0) is 47.6 Å². The normalized spacial score (nSPS) is 14.6. The van der Waals surface area contributed by atoms with Gasteiger partial charge in [-0.25, -0.2) is 4.39 Å². The maximum Gasteiger partial charge on any atom is 0.244 e. The summed E-state index contributed by atoms with van der Waals surface area (Å²) in [5.41, 5.74) is 2.09. The predicted molar refractivity (Wildman–Crippen MR) is 100 cm³/mol. The Kier molecular flexibility index (Phi) is 4.53. The number of benzene rings is 2. The average Bonchev–Trinajstić information content (AvgIpc) is 3.10. The molecule has 1 aliphatic rings. The lowest BCUT2D eigenvalue weighted by molar-refractivity contribution is -0.132. The van der Waals surface area contributed by atoms with Crippen molar-refractivity contribution in [2.24, 2.45) is 5.18 Å². The fourth-order valence-corrected chi connectivity index (χ4v) is 3.35. The van der Waals surface area contributed by atoms with Crippen LogP contribution in [0.1, 0.15) is 0 Å². The summed E-state index contributed by atoms with van der Waals surface area (Å²) in [5.74, 6) is -0.258. The molecule has 0 saturated carbocycles. The van der Waals surface area contributed by atoms with Gasteiger partial charge in [-0.15, -0.1) is 4.91 Å². The van der Waals surface area contributed by atoms with Crippen molar-refractivity contribution in [1.29, 1.82) is 0 Å². The molecule has 1 saturated heterocycles. The summed E-state index contributed by atoms with van der Waals surface area (Å²) in [6.07, 6.45) is 1.63. The molecule has 3 aromatic rings. The molecule has 2 aromatic carbocycles. The summed E-state index contributed by atoms with van der Waals surface area (Å²) in [4.78, 5) is 27.2. The van der Waals surface area contributed by atoms with Gasteiger partial charge < -0.3 is 9.80 Å². The number of aromatic nitrogens is 2. The molecule has 0 N–H and O–H groups in total. The first-order valence-electron chi connectivity index (χ1n) is 8.71. The van der Waals surface area contributed by atoms with E-state index in [0.717, 1.165) is 16.6 Å². The molecule has 2 heterocycles. The SMILES string of the molecule is O=Nc1ccc2c(cnn2CC(=O)N2CCN(c3ccc(F)cc3)CC2)c1. The van der Waals surface area contributed by atoms with Crippen molar-refractivity contribution in [2.45, 2.75) is 6.54 Å². The van der Waals surface area contributed by atoms with Crippen molar-refractivity contribution in [3.05, 3.63) is 59.4 Å². The molecular formula is C19H18FN5O2. The maximum absolute atomic E-state index is 13.1. The number of piperazine rings is 1. The van der Waals surface area contributed by atoms with Gasteiger partial charge in [0.05, 0.1) is 11.7 Å². The Morgan fingerprint density at radius 2 is 1.81 bits per heavy atom. The van der Waals surface area contributed by atoms with Crippen LogP contribution >= 0.6 is 0 Å². The summed E-state index contributed by atoms with van der Waals surface area (Å²) < 4.78 is 14.7. The third kappa shape index (κ3) is 3.51. The zero-order valence-corrected chi connectivity index (χ0v) is 14.6. The number of halogens is 1. The van der Waals surface area contributed by atoms with Crippen LogP contribution in [0.2, 0.25) is 0 Å². The number of amides is 1. The second kappa shape index (κ2) is 7.14. The number of rotatable bonds is 4. The van der Waals surface area contributed by atoms with Crippen LogP contribution in [-0.4, -0.2) is 46.8 Å². The number of carbonyl (C=O) groups excluding carboxylic acids is 1. The Bertz CT molecular complexity index is 977. The van der Waals surface area contributed by atoms with Gasteiger partial charge in [0.25, 0.3) is 0 Å². The molecule has 0 unspecified atom stereocenters. The molecule has 0 atom stereocenters. The number of nitrogens with zero attached hydrogens (tertiary/aromatic N) is 5. The summed E-state index contributed by atoms with van der Waals surface area (Å²) in [6, 6.07) is 11.4. The van der Waals surface area contributed by atoms with Gasteiger partial charge in [0.2, 0.25) is 5.91 Å². The van der Waals surface area contributed by atoms with Crippen molar-refractivity contribution in [3.63, 3.8) is 0 Å². The van der Waals surface area contributed by atoms with E-state index in [1.54, 1.807) is 41.2 Å². The van der Waals surface area contributed by atoms with E-state index in [2.05, 4.69) is 15.2 Å². The molecule has 0 bridgehead atoms. The van der Waals surface area contributed by atoms with Gasteiger partial charge in [-0.2, -0.15) is 5.10 Å². The van der Waals surface area contributed by atoms with E-state index in [4.69, 9.17) is 0 Å². The van der Waals surface area contributed by atoms with Gasteiger partial charge >= 0.3 is 0 Å². The molecule has 1 fully saturated rings. The Morgan fingerprint density at radius 1 is 1.07 bits per heavy atom. The molecule has 1 aliphatic heterocycles. The van der Waals surface area contributed by atoms with E-state index >= 15 is 0 Å². The number of carbonyl (C=O) groups is 1. The van der Waals surface area contributed by atoms with E-state index in [-0.39, 0.29) is 18.3 Å². The van der Waals surface area contributed by atoms with Crippen LogP contribution in [0, 0.1) is 10.7 Å². The van der Waals surface area contributed by atoms with Gasteiger partial charge in [-0.1, -0.05) is 0 Å². The second-order valence-corrected chi connectivity index (χ2v) is 6.48. The van der Waals surface area contributed by atoms with Crippen LogP contribution in [0.15, 0.2) is 53.8 Å². The monoisotopic (exact) mass is 367 g/mol. The highest BCUT2D eigenvalue weighted by molar-refractivity contribution is 5.84. The highest BCUT2D eigenvalue weighted by Crippen LogP contribution is 2.21. The molecule has 1 amide bonds. The molecule has 27 heavy (non-hydrogen) atoms. The van der Waals surface area contributed by atoms with Crippen LogP contribution in [0.25, 0.3) is 10.9 Å². The van der Waals surface area contributed by atoms with Gasteiger partial charge in [0.15, 0.2) is 0 Å². The molecule has 4 rings (SSSR count). The number of fused-ring (bicyclic) bond motifs is 1. The van der Waals surface area contributed by atoms with Crippen LogP contribution in [-0.2, 0) is 11.3 Å². The van der Waals surface area contributed by atoms with Gasteiger partial charge in [-0.3, -0.25) is 9.48 Å². The summed E-state index contributed by atoms with van der Waals surface area (Å²) in [6.45, 7) is 2.76. The Labute approximate surface area is 155 Å². The van der Waals surface area contributed by atoms with E-state index in [0.29, 0.717) is 31.9 Å². The molecule has 8 heteroatoms. The van der Waals surface area contributed by atoms with Crippen molar-refractivity contribution >= 4 is 28.2 Å². The number of hydrogen-bond donors (Lipinski definition) is 0. The minimum absolute atomic E-state index is 0.00338. The van der Waals surface area contributed by atoms with Crippen LogP contribution in [0.4, 0.5) is 15.8 Å². The van der Waals surface area contributed by atoms with Gasteiger partial charge in [0, 0.05) is 37.3 Å². The lowest BCUT2D eigenvalue weighted by Gasteiger charge is -2.36. The van der Waals surface area contributed by atoms with Crippen LogP contribution < -0.4 is 4.90 Å². The second-order valence-electron chi connectivity index (χ2n) is 6.48. The Hall–Kier alpha value is -3.29. The Morgan fingerprint density at radius 3 is 2.52 bits per heavy atom. The first-order chi connectivity index (χ1) is 13.1. The lowest BCUT2D eigenvalue weighted by atomic mass is 10.2. The smallest absolute Gasteiger partial charge is 0.244 e. The van der Waals surface area contributed by atoms with E-state index in [1.165, 1.54) is 12.1 Å². The van der Waals surface area contributed by atoms with Crippen molar-refractivity contribution < 1.29 is 9.18 Å². The molecule has 1 aromatic heterocycles. The number of anilines is 1. The largest absolute Gasteiger partial charge is 0.368 e. The quantitative estimate of drug-likeness (QED) is 0.665. The minimum atomic E-state index is -0.255. The van der Waals surface area contributed by atoms with Crippen LogP contribution in [0.3, 0.4) is 0 Å². The topological polar surface area (TPSA) is 70.8 Å². The van der Waals surface area contributed by atoms with E-state index in [9.17, 15) is 14.1 Å². The third-order valence-electron chi connectivity index (χ3n) is 4.84. The van der Waals surface area contributed by atoms with Gasteiger partial charge in [0.1, 0.15) is 18.0 Å². The fourth-order valence-electron chi connectivity index (χ4n) is 3.35. The Balaban J connectivity index is 1.40. The molecule has 0 aliphatic carbocycles. The maximum atomic E-state index is 13.1. The zero-order chi connectivity index (χ0) is 18.8. The molecule has 0 spiro atoms. The highest BCUT2D eigenvalue weighted by Gasteiger charge is 2.22. The molecular weight excluding hydrogens is 349 g/mol. The standard InChI is InChI=1S/C19H18FN5O2/c20-15-1-4-17(5-2-15)23-7-9-24(10-8-23)19(26)13-25-18-6-3-16(22-27)11-14(18)12-21-25/h1-6,11-12H,7-10,13H2. The van der Waals surface area contributed by atoms with E-state index < -0.39 is 0 Å². The van der Waals surface area contributed by atoms with Crippen molar-refractivity contribution in [2.75, 3.05) is 31.1 Å². The zero-order valence-electron chi connectivity index (χ0n) is 14.6. The summed E-state index contributed by atoms with van der Waals surface area (Å²) in [5, 5.41) is 7.95. The lowest BCUT2D eigenvalue weighted by Crippen LogP contribution is -2.49. The number of hydrogen-bond acceptors (Lipinski definition) is 5. The van der Waals surface area contributed by atoms with Crippen molar-refractivity contribution in [1.82, 2.24) is 14.7 Å². The average molecular weight is 367 g/mol. The summed E-state index contributed by atoms with van der Waals surface area (Å²) in [7, 11) is 0. The minimum Gasteiger partial charge on any atom is -0.368 e. The first kappa shape index (κ1) is 17.1. The highest BCUT2D eigenvalue weighted by atomic mass is 19.1. The number of nitroso groups, excluding NO2 is 1. The first-order valence-corrected chi connectivity index (χ1v) is 8.71. The fraction of sp³-hybridized carbons (Fsp3) is 0.263. The van der Waals surface area contributed by atoms with Crippen molar-refractivity contribution in [3.8, 4) is 0 Å². The molecule has 0 radical (unpaired) electrons.